The van der Waals surface area contributed by atoms with Gasteiger partial charge in [0.1, 0.15) is 6.33 Å². The number of likely N-dealkylation sites (tertiary alicyclic amines) is 1. The minimum atomic E-state index is -0.795. The molecule has 1 aromatic heterocycles. The number of amides is 2. The van der Waals surface area contributed by atoms with Crippen LogP contribution in [0.4, 0.5) is 4.79 Å². The Morgan fingerprint density at radius 3 is 2.60 bits per heavy atom. The number of carboxylic acids is 1. The standard InChI is InChI=1S/C12H19N5O3/c1-12(10(18)19)3-5-17(6-4-12)11(20)13-7-9-15-14-8-16(9)2/h8H,3-7H2,1-2H3,(H,13,20)(H,18,19). The van der Waals surface area contributed by atoms with Crippen LogP contribution in [-0.4, -0.2) is 49.9 Å². The second kappa shape index (κ2) is 5.48. The van der Waals surface area contributed by atoms with E-state index >= 15 is 0 Å². The predicted octanol–water partition coefficient (Wildman–Crippen LogP) is 0.211. The molecule has 1 fully saturated rings. The lowest BCUT2D eigenvalue weighted by atomic mass is 9.80. The van der Waals surface area contributed by atoms with Crippen molar-refractivity contribution < 1.29 is 14.7 Å². The molecule has 0 radical (unpaired) electrons. The fraction of sp³-hybridized carbons (Fsp3) is 0.667. The maximum absolute atomic E-state index is 12.0. The first-order valence-corrected chi connectivity index (χ1v) is 6.51. The van der Waals surface area contributed by atoms with Crippen molar-refractivity contribution in [3.05, 3.63) is 12.2 Å². The molecule has 0 atom stereocenters. The Kier molecular flexibility index (Phi) is 3.91. The number of aryl methyl sites for hydroxylation is 1. The molecule has 2 heterocycles. The van der Waals surface area contributed by atoms with E-state index in [9.17, 15) is 9.59 Å². The van der Waals surface area contributed by atoms with Crippen molar-refractivity contribution in [2.24, 2.45) is 12.5 Å². The zero-order valence-electron chi connectivity index (χ0n) is 11.7. The van der Waals surface area contributed by atoms with Gasteiger partial charge in [-0.25, -0.2) is 4.79 Å². The molecule has 8 nitrogen and oxygen atoms in total. The number of urea groups is 1. The zero-order valence-corrected chi connectivity index (χ0v) is 11.7. The van der Waals surface area contributed by atoms with Gasteiger partial charge in [-0.1, -0.05) is 0 Å². The number of carbonyl (C=O) groups is 2. The van der Waals surface area contributed by atoms with Gasteiger partial charge in [0, 0.05) is 20.1 Å². The fourth-order valence-electron chi connectivity index (χ4n) is 2.15. The van der Waals surface area contributed by atoms with Crippen molar-refractivity contribution in [1.29, 1.82) is 0 Å². The van der Waals surface area contributed by atoms with E-state index in [1.54, 1.807) is 29.8 Å². The molecule has 0 bridgehead atoms. The number of hydrogen-bond acceptors (Lipinski definition) is 4. The van der Waals surface area contributed by atoms with E-state index in [2.05, 4.69) is 15.5 Å². The third kappa shape index (κ3) is 2.89. The maximum atomic E-state index is 12.0. The number of carbonyl (C=O) groups excluding carboxylic acids is 1. The van der Waals surface area contributed by atoms with Gasteiger partial charge in [-0.15, -0.1) is 10.2 Å². The van der Waals surface area contributed by atoms with Crippen molar-refractivity contribution >= 4 is 12.0 Å². The molecular formula is C12H19N5O3. The number of hydrogen-bond donors (Lipinski definition) is 2. The highest BCUT2D eigenvalue weighted by Gasteiger charge is 2.37. The summed E-state index contributed by atoms with van der Waals surface area (Å²) in [5.74, 6) is -0.123. The number of nitrogens with one attached hydrogen (secondary N) is 1. The van der Waals surface area contributed by atoms with E-state index in [1.807, 2.05) is 0 Å². The average molecular weight is 281 g/mol. The highest BCUT2D eigenvalue weighted by molar-refractivity contribution is 5.76. The molecule has 0 aromatic carbocycles. The number of piperidine rings is 1. The summed E-state index contributed by atoms with van der Waals surface area (Å²) in [7, 11) is 1.81. The highest BCUT2D eigenvalue weighted by Crippen LogP contribution is 2.30. The van der Waals surface area contributed by atoms with Gasteiger partial charge in [0.25, 0.3) is 0 Å². The molecule has 8 heteroatoms. The minimum Gasteiger partial charge on any atom is -0.481 e. The lowest BCUT2D eigenvalue weighted by Gasteiger charge is -2.36. The van der Waals surface area contributed by atoms with Crippen molar-refractivity contribution in [1.82, 2.24) is 25.0 Å². The van der Waals surface area contributed by atoms with E-state index < -0.39 is 11.4 Å². The summed E-state index contributed by atoms with van der Waals surface area (Å²) in [6, 6.07) is -0.194. The summed E-state index contributed by atoms with van der Waals surface area (Å²) in [6.07, 6.45) is 2.51. The number of rotatable bonds is 3. The molecule has 0 saturated carbocycles. The van der Waals surface area contributed by atoms with Crippen LogP contribution in [0, 0.1) is 5.41 Å². The maximum Gasteiger partial charge on any atom is 0.317 e. The van der Waals surface area contributed by atoms with E-state index in [0.717, 1.165) is 0 Å². The smallest absolute Gasteiger partial charge is 0.317 e. The van der Waals surface area contributed by atoms with Gasteiger partial charge < -0.3 is 19.9 Å². The topological polar surface area (TPSA) is 100 Å². The largest absolute Gasteiger partial charge is 0.481 e. The summed E-state index contributed by atoms with van der Waals surface area (Å²) in [6.45, 7) is 2.94. The Balaban J connectivity index is 1.83. The third-order valence-corrected chi connectivity index (χ3v) is 3.87. The van der Waals surface area contributed by atoms with Crippen molar-refractivity contribution in [3.63, 3.8) is 0 Å². The molecule has 2 rings (SSSR count). The second-order valence-corrected chi connectivity index (χ2v) is 5.37. The number of aromatic nitrogens is 3. The molecular weight excluding hydrogens is 262 g/mol. The Labute approximate surface area is 116 Å². The molecule has 1 aromatic rings. The summed E-state index contributed by atoms with van der Waals surface area (Å²) >= 11 is 0. The van der Waals surface area contributed by atoms with E-state index in [0.29, 0.717) is 38.3 Å². The molecule has 1 aliphatic rings. The van der Waals surface area contributed by atoms with Crippen LogP contribution in [0.3, 0.4) is 0 Å². The Morgan fingerprint density at radius 2 is 2.10 bits per heavy atom. The first-order chi connectivity index (χ1) is 9.42. The summed E-state index contributed by atoms with van der Waals surface area (Å²) in [5, 5.41) is 19.5. The highest BCUT2D eigenvalue weighted by atomic mass is 16.4. The number of carboxylic acid groups (broad SMARTS) is 1. The summed E-state index contributed by atoms with van der Waals surface area (Å²) in [5.41, 5.74) is -0.722. The lowest BCUT2D eigenvalue weighted by Crippen LogP contribution is -2.48. The average Bonchev–Trinajstić information content (AvgIpc) is 2.82. The van der Waals surface area contributed by atoms with E-state index in [4.69, 9.17) is 5.11 Å². The monoisotopic (exact) mass is 281 g/mol. The number of nitrogens with zero attached hydrogens (tertiary/aromatic N) is 4. The van der Waals surface area contributed by atoms with Gasteiger partial charge in [0.15, 0.2) is 5.82 Å². The molecule has 2 N–H and O–H groups in total. The van der Waals surface area contributed by atoms with Gasteiger partial charge in [-0.05, 0) is 19.8 Å². The predicted molar refractivity (Wildman–Crippen MR) is 69.8 cm³/mol. The van der Waals surface area contributed by atoms with Crippen molar-refractivity contribution in [2.45, 2.75) is 26.3 Å². The third-order valence-electron chi connectivity index (χ3n) is 3.87. The molecule has 20 heavy (non-hydrogen) atoms. The zero-order chi connectivity index (χ0) is 14.8. The molecule has 0 aliphatic carbocycles. The van der Waals surface area contributed by atoms with Crippen molar-refractivity contribution in [3.8, 4) is 0 Å². The van der Waals surface area contributed by atoms with Crippen LogP contribution >= 0.6 is 0 Å². The van der Waals surface area contributed by atoms with E-state index in [-0.39, 0.29) is 6.03 Å². The molecule has 1 aliphatic heterocycles. The molecule has 110 valence electrons. The van der Waals surface area contributed by atoms with Crippen LogP contribution in [0.25, 0.3) is 0 Å². The molecule has 1 saturated heterocycles. The molecule has 0 unspecified atom stereocenters. The summed E-state index contributed by atoms with van der Waals surface area (Å²) in [4.78, 5) is 24.8. The van der Waals surface area contributed by atoms with Gasteiger partial charge in [0.05, 0.1) is 12.0 Å². The van der Waals surface area contributed by atoms with Gasteiger partial charge in [-0.3, -0.25) is 4.79 Å². The van der Waals surface area contributed by atoms with Crippen LogP contribution in [-0.2, 0) is 18.4 Å². The van der Waals surface area contributed by atoms with Crippen LogP contribution in [0.2, 0.25) is 0 Å². The van der Waals surface area contributed by atoms with Gasteiger partial charge in [0.2, 0.25) is 0 Å². The Hall–Kier alpha value is -2.12. The summed E-state index contributed by atoms with van der Waals surface area (Å²) < 4.78 is 1.73. The van der Waals surface area contributed by atoms with Crippen LogP contribution in [0.15, 0.2) is 6.33 Å². The van der Waals surface area contributed by atoms with Gasteiger partial charge in [-0.2, -0.15) is 0 Å². The normalized spacial score (nSPS) is 17.8. The Morgan fingerprint density at radius 1 is 1.45 bits per heavy atom. The lowest BCUT2D eigenvalue weighted by molar-refractivity contribution is -0.150. The van der Waals surface area contributed by atoms with E-state index in [1.165, 1.54) is 0 Å². The fourth-order valence-corrected chi connectivity index (χ4v) is 2.15. The van der Waals surface area contributed by atoms with Crippen molar-refractivity contribution in [2.75, 3.05) is 13.1 Å². The SMILES string of the molecule is Cn1cnnc1CNC(=O)N1CCC(C)(C(=O)O)CC1. The first-order valence-electron chi connectivity index (χ1n) is 6.51. The van der Waals surface area contributed by atoms with Crippen LogP contribution in [0.1, 0.15) is 25.6 Å². The van der Waals surface area contributed by atoms with Crippen LogP contribution in [0.5, 0.6) is 0 Å². The number of aliphatic carboxylic acids is 1. The Bertz CT molecular complexity index is 505. The quantitative estimate of drug-likeness (QED) is 0.825. The molecule has 2 amide bonds. The first kappa shape index (κ1) is 14.3. The van der Waals surface area contributed by atoms with Crippen LogP contribution < -0.4 is 5.32 Å². The van der Waals surface area contributed by atoms with Gasteiger partial charge >= 0.3 is 12.0 Å². The minimum absolute atomic E-state index is 0.194. The molecule has 0 spiro atoms. The second-order valence-electron chi connectivity index (χ2n) is 5.37.